The standard InChI is InChI=1S/C18H24N2O/c1-12-10-20(11-18(12)19)13(2)14-4-5-16-9-17(21-3)7-6-15(16)8-14/h4-9,12-13,18H,10-11,19H2,1-3H3. The van der Waals surface area contributed by atoms with E-state index in [0.717, 1.165) is 18.8 Å². The van der Waals surface area contributed by atoms with E-state index in [4.69, 9.17) is 10.5 Å². The van der Waals surface area contributed by atoms with Gasteiger partial charge in [0.05, 0.1) is 7.11 Å². The minimum Gasteiger partial charge on any atom is -0.497 e. The molecular formula is C18H24N2O. The number of hydrogen-bond acceptors (Lipinski definition) is 3. The van der Waals surface area contributed by atoms with E-state index in [0.29, 0.717) is 18.0 Å². The Balaban J connectivity index is 1.87. The fourth-order valence-corrected chi connectivity index (χ4v) is 3.19. The lowest BCUT2D eigenvalue weighted by Gasteiger charge is -2.25. The molecule has 1 aliphatic heterocycles. The van der Waals surface area contributed by atoms with Gasteiger partial charge in [-0.2, -0.15) is 0 Å². The minimum absolute atomic E-state index is 0.303. The first-order chi connectivity index (χ1) is 10.1. The number of benzene rings is 2. The molecule has 3 heteroatoms. The molecule has 1 fully saturated rings. The summed E-state index contributed by atoms with van der Waals surface area (Å²) in [5.74, 6) is 1.49. The van der Waals surface area contributed by atoms with Crippen molar-refractivity contribution in [1.82, 2.24) is 4.90 Å². The second-order valence-corrected chi connectivity index (χ2v) is 6.24. The highest BCUT2D eigenvalue weighted by Crippen LogP contribution is 2.29. The van der Waals surface area contributed by atoms with Crippen molar-refractivity contribution in [2.45, 2.75) is 25.9 Å². The SMILES string of the molecule is COc1ccc2cc(C(C)N3CC(C)C(N)C3)ccc2c1. The van der Waals surface area contributed by atoms with Gasteiger partial charge in [-0.1, -0.05) is 25.1 Å². The molecule has 2 aromatic rings. The van der Waals surface area contributed by atoms with Crippen molar-refractivity contribution in [3.8, 4) is 5.75 Å². The molecule has 3 atom stereocenters. The van der Waals surface area contributed by atoms with Crippen LogP contribution in [0.15, 0.2) is 36.4 Å². The van der Waals surface area contributed by atoms with Crippen molar-refractivity contribution >= 4 is 10.8 Å². The normalized spacial score (nSPS) is 24.4. The summed E-state index contributed by atoms with van der Waals surface area (Å²) in [6.07, 6.45) is 0. The van der Waals surface area contributed by atoms with Gasteiger partial charge in [0.1, 0.15) is 5.75 Å². The van der Waals surface area contributed by atoms with Crippen LogP contribution in [0.5, 0.6) is 5.75 Å². The summed E-state index contributed by atoms with van der Waals surface area (Å²) in [5.41, 5.74) is 7.51. The van der Waals surface area contributed by atoms with Crippen molar-refractivity contribution in [2.24, 2.45) is 11.7 Å². The Hall–Kier alpha value is -1.58. The minimum atomic E-state index is 0.303. The summed E-state index contributed by atoms with van der Waals surface area (Å²) in [5, 5.41) is 2.48. The maximum atomic E-state index is 6.15. The Kier molecular flexibility index (Phi) is 3.87. The summed E-state index contributed by atoms with van der Waals surface area (Å²) in [4.78, 5) is 2.49. The van der Waals surface area contributed by atoms with Crippen LogP contribution in [-0.4, -0.2) is 31.1 Å². The zero-order chi connectivity index (χ0) is 15.0. The van der Waals surface area contributed by atoms with Crippen LogP contribution >= 0.6 is 0 Å². The molecule has 3 unspecified atom stereocenters. The second-order valence-electron chi connectivity index (χ2n) is 6.24. The average molecular weight is 284 g/mol. The first-order valence-electron chi connectivity index (χ1n) is 7.66. The van der Waals surface area contributed by atoms with Crippen LogP contribution in [0.2, 0.25) is 0 Å². The molecule has 1 saturated heterocycles. The third-order valence-corrected chi connectivity index (χ3v) is 4.80. The smallest absolute Gasteiger partial charge is 0.119 e. The molecule has 0 amide bonds. The van der Waals surface area contributed by atoms with Gasteiger partial charge in [-0.05, 0) is 47.4 Å². The molecule has 0 spiro atoms. The number of nitrogens with zero attached hydrogens (tertiary/aromatic N) is 1. The van der Waals surface area contributed by atoms with Crippen molar-refractivity contribution in [3.05, 3.63) is 42.0 Å². The Bertz CT molecular complexity index is 630. The molecule has 0 bridgehead atoms. The Morgan fingerprint density at radius 2 is 1.86 bits per heavy atom. The number of rotatable bonds is 3. The highest BCUT2D eigenvalue weighted by molar-refractivity contribution is 5.84. The zero-order valence-corrected chi connectivity index (χ0v) is 13.0. The number of ether oxygens (including phenoxy) is 1. The Morgan fingerprint density at radius 3 is 2.52 bits per heavy atom. The predicted octanol–water partition coefficient (Wildman–Crippen LogP) is 3.19. The molecule has 0 saturated carbocycles. The monoisotopic (exact) mass is 284 g/mol. The van der Waals surface area contributed by atoms with Gasteiger partial charge in [0, 0.05) is 25.2 Å². The van der Waals surface area contributed by atoms with E-state index in [-0.39, 0.29) is 0 Å². The molecule has 0 aliphatic carbocycles. The maximum absolute atomic E-state index is 6.15. The van der Waals surface area contributed by atoms with Crippen LogP contribution in [0.3, 0.4) is 0 Å². The van der Waals surface area contributed by atoms with Crippen molar-refractivity contribution in [3.63, 3.8) is 0 Å². The fourth-order valence-electron chi connectivity index (χ4n) is 3.19. The van der Waals surface area contributed by atoms with Crippen LogP contribution in [0.25, 0.3) is 10.8 Å². The third kappa shape index (κ3) is 2.76. The molecule has 0 radical (unpaired) electrons. The molecule has 112 valence electrons. The van der Waals surface area contributed by atoms with E-state index in [1.807, 2.05) is 6.07 Å². The van der Waals surface area contributed by atoms with Gasteiger partial charge >= 0.3 is 0 Å². The number of hydrogen-bond donors (Lipinski definition) is 1. The average Bonchev–Trinajstić information content (AvgIpc) is 2.85. The molecule has 3 nitrogen and oxygen atoms in total. The van der Waals surface area contributed by atoms with Gasteiger partial charge in [-0.3, -0.25) is 4.90 Å². The van der Waals surface area contributed by atoms with Crippen LogP contribution in [0, 0.1) is 5.92 Å². The molecule has 3 rings (SSSR count). The van der Waals surface area contributed by atoms with Crippen LogP contribution in [-0.2, 0) is 0 Å². The lowest BCUT2D eigenvalue weighted by molar-refractivity contribution is 0.254. The highest BCUT2D eigenvalue weighted by Gasteiger charge is 2.30. The topological polar surface area (TPSA) is 38.5 Å². The van der Waals surface area contributed by atoms with Gasteiger partial charge in [0.2, 0.25) is 0 Å². The number of likely N-dealkylation sites (tertiary alicyclic amines) is 1. The first kappa shape index (κ1) is 14.4. The van der Waals surface area contributed by atoms with Crippen molar-refractivity contribution < 1.29 is 4.74 Å². The molecule has 2 aromatic carbocycles. The van der Waals surface area contributed by atoms with E-state index >= 15 is 0 Å². The second kappa shape index (κ2) is 5.66. The van der Waals surface area contributed by atoms with Crippen molar-refractivity contribution in [2.75, 3.05) is 20.2 Å². The van der Waals surface area contributed by atoms with Crippen LogP contribution in [0.4, 0.5) is 0 Å². The predicted molar refractivity (Wildman–Crippen MR) is 87.6 cm³/mol. The highest BCUT2D eigenvalue weighted by atomic mass is 16.5. The van der Waals surface area contributed by atoms with Gasteiger partial charge in [0.15, 0.2) is 0 Å². The van der Waals surface area contributed by atoms with Gasteiger partial charge in [0.25, 0.3) is 0 Å². The van der Waals surface area contributed by atoms with Gasteiger partial charge in [-0.15, -0.1) is 0 Å². The lowest BCUT2D eigenvalue weighted by atomic mass is 10.0. The van der Waals surface area contributed by atoms with Gasteiger partial charge < -0.3 is 10.5 Å². The molecule has 0 aromatic heterocycles. The Morgan fingerprint density at radius 1 is 1.14 bits per heavy atom. The van der Waals surface area contributed by atoms with Crippen LogP contribution < -0.4 is 10.5 Å². The van der Waals surface area contributed by atoms with E-state index in [1.54, 1.807) is 7.11 Å². The summed E-state index contributed by atoms with van der Waals surface area (Å²) >= 11 is 0. The molecule has 21 heavy (non-hydrogen) atoms. The summed E-state index contributed by atoms with van der Waals surface area (Å²) in [6, 6.07) is 13.6. The molecule has 1 heterocycles. The fraction of sp³-hybridized carbons (Fsp3) is 0.444. The molecule has 1 aliphatic rings. The first-order valence-corrected chi connectivity index (χ1v) is 7.66. The summed E-state index contributed by atoms with van der Waals surface area (Å²) in [6.45, 7) is 6.59. The van der Waals surface area contributed by atoms with E-state index in [1.165, 1.54) is 16.3 Å². The maximum Gasteiger partial charge on any atom is 0.119 e. The van der Waals surface area contributed by atoms with E-state index in [2.05, 4.69) is 49.1 Å². The quantitative estimate of drug-likeness (QED) is 0.940. The van der Waals surface area contributed by atoms with Crippen LogP contribution in [0.1, 0.15) is 25.5 Å². The van der Waals surface area contributed by atoms with E-state index in [9.17, 15) is 0 Å². The third-order valence-electron chi connectivity index (χ3n) is 4.80. The molecular weight excluding hydrogens is 260 g/mol. The zero-order valence-electron chi connectivity index (χ0n) is 13.0. The summed E-state index contributed by atoms with van der Waals surface area (Å²) < 4.78 is 5.28. The largest absolute Gasteiger partial charge is 0.497 e. The van der Waals surface area contributed by atoms with Crippen molar-refractivity contribution in [1.29, 1.82) is 0 Å². The number of nitrogens with two attached hydrogens (primary N) is 1. The number of methoxy groups -OCH3 is 1. The molecule has 2 N–H and O–H groups in total. The lowest BCUT2D eigenvalue weighted by Crippen LogP contribution is -2.29. The Labute approximate surface area is 126 Å². The summed E-state index contributed by atoms with van der Waals surface area (Å²) in [7, 11) is 1.70. The van der Waals surface area contributed by atoms with Gasteiger partial charge in [-0.25, -0.2) is 0 Å². The van der Waals surface area contributed by atoms with E-state index < -0.39 is 0 Å². The number of fused-ring (bicyclic) bond motifs is 1.